The lowest BCUT2D eigenvalue weighted by molar-refractivity contribution is 0.605. The molecule has 2 N–H and O–H groups in total. The topological polar surface area (TPSA) is 26.0 Å². The van der Waals surface area contributed by atoms with Gasteiger partial charge in [0, 0.05) is 0 Å². The maximum Gasteiger partial charge on any atom is 0.123 e. The van der Waals surface area contributed by atoms with Crippen LogP contribution in [0.15, 0.2) is 0 Å². The summed E-state index contributed by atoms with van der Waals surface area (Å²) in [5.74, 6) is 0.820. The van der Waals surface area contributed by atoms with Crippen LogP contribution in [-0.2, 0) is 0 Å². The van der Waals surface area contributed by atoms with Crippen molar-refractivity contribution in [1.82, 2.24) is 0 Å². The number of hydrogen-bond donors (Lipinski definition) is 1. The van der Waals surface area contributed by atoms with Crippen molar-refractivity contribution in [2.75, 3.05) is 0 Å². The van der Waals surface area contributed by atoms with Gasteiger partial charge in [-0.3, -0.25) is 0 Å². The predicted octanol–water partition coefficient (Wildman–Crippen LogP) is 3.37. The molecule has 0 fully saturated rings. The highest BCUT2D eigenvalue weighted by molar-refractivity contribution is 6.76. The molecule has 0 aliphatic heterocycles. The second-order valence-electron chi connectivity index (χ2n) is 4.53. The first-order valence-corrected chi connectivity index (χ1v) is 8.09. The van der Waals surface area contributed by atoms with E-state index in [4.69, 9.17) is 5.40 Å². The van der Waals surface area contributed by atoms with Crippen molar-refractivity contribution >= 4 is 8.24 Å². The molecular formula is C10H25NSi. The monoisotopic (exact) mass is 187 g/mol. The molecule has 12 heavy (non-hydrogen) atoms. The van der Waals surface area contributed by atoms with Gasteiger partial charge >= 0.3 is 0 Å². The molecule has 0 heterocycles. The van der Waals surface area contributed by atoms with Gasteiger partial charge in [-0.15, -0.1) is 0 Å². The van der Waals surface area contributed by atoms with Gasteiger partial charge in [0.05, 0.1) is 0 Å². The van der Waals surface area contributed by atoms with Crippen LogP contribution in [0.3, 0.4) is 0 Å². The average molecular weight is 187 g/mol. The van der Waals surface area contributed by atoms with Crippen LogP contribution in [0.25, 0.3) is 0 Å². The Kier molecular flexibility index (Phi) is 5.10. The lowest BCUT2D eigenvalue weighted by Gasteiger charge is -2.30. The zero-order chi connectivity index (χ0) is 9.78. The van der Waals surface area contributed by atoms with Crippen molar-refractivity contribution in [3.05, 3.63) is 0 Å². The predicted molar refractivity (Wildman–Crippen MR) is 59.8 cm³/mol. The van der Waals surface area contributed by atoms with Gasteiger partial charge in [0.1, 0.15) is 8.24 Å². The lowest BCUT2D eigenvalue weighted by atomic mass is 10.2. The molecule has 0 aromatic rings. The van der Waals surface area contributed by atoms with Crippen molar-refractivity contribution in [1.29, 1.82) is 0 Å². The van der Waals surface area contributed by atoms with E-state index in [0.29, 0.717) is 0 Å². The molecular weight excluding hydrogens is 162 g/mol. The van der Waals surface area contributed by atoms with Crippen molar-refractivity contribution in [2.24, 2.45) is 11.3 Å². The van der Waals surface area contributed by atoms with Crippen LogP contribution in [0.5, 0.6) is 0 Å². The summed E-state index contributed by atoms with van der Waals surface area (Å²) in [6.07, 6.45) is 2.52. The molecule has 2 heteroatoms. The van der Waals surface area contributed by atoms with Crippen LogP contribution in [0.2, 0.25) is 18.1 Å². The molecule has 3 unspecified atom stereocenters. The summed E-state index contributed by atoms with van der Waals surface area (Å²) in [7, 11) is -1.39. The highest BCUT2D eigenvalue weighted by Crippen LogP contribution is 2.27. The van der Waals surface area contributed by atoms with E-state index in [9.17, 15) is 0 Å². The molecule has 0 amide bonds. The molecule has 74 valence electrons. The number of hydrogen-bond acceptors (Lipinski definition) is 1. The van der Waals surface area contributed by atoms with E-state index in [1.54, 1.807) is 0 Å². The zero-order valence-electron chi connectivity index (χ0n) is 9.35. The Morgan fingerprint density at radius 2 is 1.67 bits per heavy atom. The Hall–Kier alpha value is 0.177. The fourth-order valence-corrected chi connectivity index (χ4v) is 4.69. The highest BCUT2D eigenvalue weighted by atomic mass is 28.3. The molecule has 1 nitrogen and oxygen atoms in total. The smallest absolute Gasteiger partial charge is 0.123 e. The number of nitrogens with two attached hydrogens (primary N) is 1. The SMILES string of the molecule is CCC(C)C[Si](C)(N)C(C)CC. The first-order chi connectivity index (χ1) is 5.44. The van der Waals surface area contributed by atoms with Gasteiger partial charge in [0.2, 0.25) is 0 Å². The third kappa shape index (κ3) is 3.72. The van der Waals surface area contributed by atoms with E-state index >= 15 is 0 Å². The van der Waals surface area contributed by atoms with Gasteiger partial charge in [-0.2, -0.15) is 0 Å². The van der Waals surface area contributed by atoms with E-state index in [1.165, 1.54) is 18.9 Å². The van der Waals surface area contributed by atoms with Crippen LogP contribution in [0.4, 0.5) is 0 Å². The van der Waals surface area contributed by atoms with Crippen LogP contribution in [-0.4, -0.2) is 8.24 Å². The maximum absolute atomic E-state index is 6.39. The van der Waals surface area contributed by atoms with Crippen LogP contribution in [0, 0.1) is 5.92 Å². The normalized spacial score (nSPS) is 21.5. The largest absolute Gasteiger partial charge is 0.351 e. The van der Waals surface area contributed by atoms with Gasteiger partial charge in [-0.05, 0) is 17.5 Å². The molecule has 0 aliphatic rings. The van der Waals surface area contributed by atoms with Gasteiger partial charge < -0.3 is 5.40 Å². The van der Waals surface area contributed by atoms with E-state index in [1.807, 2.05) is 0 Å². The third-order valence-corrected chi connectivity index (χ3v) is 7.46. The second-order valence-corrected chi connectivity index (χ2v) is 8.94. The van der Waals surface area contributed by atoms with Crippen molar-refractivity contribution < 1.29 is 0 Å². The van der Waals surface area contributed by atoms with Gasteiger partial charge in [-0.25, -0.2) is 0 Å². The Morgan fingerprint density at radius 3 is 2.00 bits per heavy atom. The van der Waals surface area contributed by atoms with Gasteiger partial charge in [0.25, 0.3) is 0 Å². The first kappa shape index (κ1) is 12.2. The Bertz CT molecular complexity index is 123. The standard InChI is InChI=1S/C10H25NSi/c1-6-9(3)8-12(5,11)10(4)7-2/h9-10H,6-8,11H2,1-5H3. The summed E-state index contributed by atoms with van der Waals surface area (Å²) in [4.78, 5) is 0. The molecule has 0 radical (unpaired) electrons. The molecule has 0 aromatic heterocycles. The summed E-state index contributed by atoms with van der Waals surface area (Å²) in [5, 5.41) is 6.39. The molecule has 0 aromatic carbocycles. The van der Waals surface area contributed by atoms with Crippen molar-refractivity contribution in [3.63, 3.8) is 0 Å². The van der Waals surface area contributed by atoms with E-state index < -0.39 is 8.24 Å². The maximum atomic E-state index is 6.39. The van der Waals surface area contributed by atoms with E-state index in [-0.39, 0.29) is 0 Å². The quantitative estimate of drug-likeness (QED) is 0.656. The molecule has 0 saturated heterocycles. The van der Waals surface area contributed by atoms with Crippen LogP contribution >= 0.6 is 0 Å². The summed E-state index contributed by atoms with van der Waals surface area (Å²) in [6.45, 7) is 11.5. The minimum absolute atomic E-state index is 0.770. The summed E-state index contributed by atoms with van der Waals surface area (Å²) in [6, 6.07) is 1.29. The highest BCUT2D eigenvalue weighted by Gasteiger charge is 2.29. The van der Waals surface area contributed by atoms with Gasteiger partial charge in [-0.1, -0.05) is 47.1 Å². The lowest BCUT2D eigenvalue weighted by Crippen LogP contribution is -2.47. The fraction of sp³-hybridized carbons (Fsp3) is 1.00. The molecule has 0 bridgehead atoms. The summed E-state index contributed by atoms with van der Waals surface area (Å²) < 4.78 is 0. The zero-order valence-corrected chi connectivity index (χ0v) is 10.4. The summed E-state index contributed by atoms with van der Waals surface area (Å²) in [5.41, 5.74) is 0.770. The van der Waals surface area contributed by atoms with Crippen molar-refractivity contribution in [2.45, 2.75) is 58.7 Å². The fourth-order valence-electron chi connectivity index (χ4n) is 1.56. The van der Waals surface area contributed by atoms with Gasteiger partial charge in [0.15, 0.2) is 0 Å². The van der Waals surface area contributed by atoms with Crippen LogP contribution in [0.1, 0.15) is 40.5 Å². The number of rotatable bonds is 5. The molecule has 0 aliphatic carbocycles. The summed E-state index contributed by atoms with van der Waals surface area (Å²) >= 11 is 0. The Morgan fingerprint density at radius 1 is 1.17 bits per heavy atom. The average Bonchev–Trinajstić information content (AvgIpc) is 2.02. The van der Waals surface area contributed by atoms with Crippen molar-refractivity contribution in [3.8, 4) is 0 Å². The Labute approximate surface area is 78.8 Å². The van der Waals surface area contributed by atoms with E-state index in [0.717, 1.165) is 11.5 Å². The first-order valence-electron chi connectivity index (χ1n) is 5.22. The Balaban J connectivity index is 4.02. The van der Waals surface area contributed by atoms with Crippen LogP contribution < -0.4 is 5.40 Å². The molecule has 0 spiro atoms. The third-order valence-electron chi connectivity index (χ3n) is 3.22. The molecule has 3 atom stereocenters. The second kappa shape index (κ2) is 5.03. The minimum atomic E-state index is -1.39. The molecule has 0 rings (SSSR count). The van der Waals surface area contributed by atoms with E-state index in [2.05, 4.69) is 34.2 Å². The molecule has 0 saturated carbocycles. The minimum Gasteiger partial charge on any atom is -0.351 e.